The Hall–Kier alpha value is -2.75. The van der Waals surface area contributed by atoms with Crippen molar-refractivity contribution < 1.29 is 9.84 Å². The predicted molar refractivity (Wildman–Crippen MR) is 127 cm³/mol. The number of aromatic nitrogens is 4. The van der Waals surface area contributed by atoms with Crippen LogP contribution in [0.4, 0.5) is 17.3 Å². The first-order valence-electron chi connectivity index (χ1n) is 11.9. The lowest BCUT2D eigenvalue weighted by molar-refractivity contribution is 0.0785. The number of hydrogen-bond donors (Lipinski definition) is 2. The van der Waals surface area contributed by atoms with Crippen molar-refractivity contribution in [1.82, 2.24) is 24.6 Å². The molecule has 3 aromatic rings. The molecule has 1 saturated carbocycles. The number of benzene rings is 1. The monoisotopic (exact) mass is 449 g/mol. The molecule has 0 radical (unpaired) electrons. The first kappa shape index (κ1) is 20.8. The molecule has 1 aromatic carbocycles. The molecule has 174 valence electrons. The number of nitrogens with one attached hydrogen (secondary N) is 1. The van der Waals surface area contributed by atoms with Crippen LogP contribution < -0.4 is 10.2 Å². The standard InChI is InChI=1S/C24H31N7O2/c1-15-9-17-11-25-24(28-20-12-26-31(16(20)2)18-3-4-18)27-19(17)10-21(15)29-5-7-30(8-6-29)22-13-33-14-23(22)32/h9-12,18,22-23,32H,3-8,13-14H2,1-2H3,(H,25,27,28)/t22-,23+/m0/s1. The van der Waals surface area contributed by atoms with Gasteiger partial charge in [0.25, 0.3) is 0 Å². The molecule has 0 unspecified atom stereocenters. The van der Waals surface area contributed by atoms with Crippen LogP contribution in [-0.4, -0.2) is 81.3 Å². The minimum atomic E-state index is -0.374. The number of nitrogens with zero attached hydrogens (tertiary/aromatic N) is 6. The van der Waals surface area contributed by atoms with Crippen LogP contribution in [0.15, 0.2) is 24.5 Å². The van der Waals surface area contributed by atoms with Crippen LogP contribution in [-0.2, 0) is 4.74 Å². The Morgan fingerprint density at radius 1 is 1.06 bits per heavy atom. The van der Waals surface area contributed by atoms with E-state index in [2.05, 4.69) is 55.9 Å². The second kappa shape index (κ2) is 8.23. The van der Waals surface area contributed by atoms with Crippen LogP contribution in [0.5, 0.6) is 0 Å². The molecule has 2 saturated heterocycles. The maximum Gasteiger partial charge on any atom is 0.227 e. The van der Waals surface area contributed by atoms with Gasteiger partial charge >= 0.3 is 0 Å². The summed E-state index contributed by atoms with van der Waals surface area (Å²) >= 11 is 0. The second-order valence-electron chi connectivity index (χ2n) is 9.53. The summed E-state index contributed by atoms with van der Waals surface area (Å²) in [5.74, 6) is 0.593. The molecule has 6 rings (SSSR count). The molecule has 9 nitrogen and oxygen atoms in total. The summed E-state index contributed by atoms with van der Waals surface area (Å²) < 4.78 is 7.55. The third-order valence-electron chi connectivity index (χ3n) is 7.23. The predicted octanol–water partition coefficient (Wildman–Crippen LogP) is 2.40. The molecular weight excluding hydrogens is 418 g/mol. The molecular formula is C24H31N7O2. The molecule has 0 amide bonds. The van der Waals surface area contributed by atoms with Crippen LogP contribution in [0, 0.1) is 13.8 Å². The lowest BCUT2D eigenvalue weighted by Crippen LogP contribution is -2.53. The van der Waals surface area contributed by atoms with Gasteiger partial charge in [-0.05, 0) is 44.4 Å². The van der Waals surface area contributed by atoms with E-state index in [9.17, 15) is 5.11 Å². The van der Waals surface area contributed by atoms with E-state index in [1.54, 1.807) is 0 Å². The smallest absolute Gasteiger partial charge is 0.227 e. The third kappa shape index (κ3) is 3.94. The first-order chi connectivity index (χ1) is 16.1. The number of aryl methyl sites for hydroxylation is 1. The Kier molecular flexibility index (Phi) is 5.20. The van der Waals surface area contributed by atoms with Gasteiger partial charge in [-0.1, -0.05) is 0 Å². The minimum Gasteiger partial charge on any atom is -0.389 e. The van der Waals surface area contributed by atoms with Crippen molar-refractivity contribution in [2.45, 2.75) is 44.9 Å². The Bertz CT molecular complexity index is 1170. The summed E-state index contributed by atoms with van der Waals surface area (Å²) in [5, 5.41) is 19.1. The van der Waals surface area contributed by atoms with Crippen molar-refractivity contribution in [3.05, 3.63) is 35.8 Å². The van der Waals surface area contributed by atoms with Crippen molar-refractivity contribution >= 4 is 28.2 Å². The Balaban J connectivity index is 1.20. The lowest BCUT2D eigenvalue weighted by atomic mass is 10.1. The zero-order chi connectivity index (χ0) is 22.5. The summed E-state index contributed by atoms with van der Waals surface area (Å²) in [6.45, 7) is 9.00. The molecule has 3 aliphatic rings. The zero-order valence-corrected chi connectivity index (χ0v) is 19.2. The molecule has 2 aliphatic heterocycles. The van der Waals surface area contributed by atoms with E-state index in [1.807, 2.05) is 12.4 Å². The van der Waals surface area contributed by atoms with E-state index in [-0.39, 0.29) is 12.1 Å². The van der Waals surface area contributed by atoms with E-state index < -0.39 is 0 Å². The van der Waals surface area contributed by atoms with Crippen molar-refractivity contribution in [2.75, 3.05) is 49.6 Å². The van der Waals surface area contributed by atoms with Crippen molar-refractivity contribution in [3.8, 4) is 0 Å². The van der Waals surface area contributed by atoms with E-state index >= 15 is 0 Å². The summed E-state index contributed by atoms with van der Waals surface area (Å²) in [6.07, 6.45) is 5.80. The van der Waals surface area contributed by atoms with Crippen LogP contribution in [0.25, 0.3) is 10.9 Å². The van der Waals surface area contributed by atoms with E-state index in [4.69, 9.17) is 9.72 Å². The molecule has 0 bridgehead atoms. The van der Waals surface area contributed by atoms with E-state index in [0.717, 1.165) is 48.5 Å². The number of rotatable bonds is 5. The molecule has 4 heterocycles. The fourth-order valence-electron chi connectivity index (χ4n) is 5.11. The topological polar surface area (TPSA) is 91.6 Å². The minimum absolute atomic E-state index is 0.124. The highest BCUT2D eigenvalue weighted by molar-refractivity contribution is 5.84. The maximum absolute atomic E-state index is 10.2. The number of hydrogen-bond acceptors (Lipinski definition) is 8. The van der Waals surface area contributed by atoms with Crippen molar-refractivity contribution in [1.29, 1.82) is 0 Å². The number of piperazine rings is 1. The van der Waals surface area contributed by atoms with Gasteiger partial charge in [-0.15, -0.1) is 0 Å². The van der Waals surface area contributed by atoms with E-state index in [0.29, 0.717) is 25.2 Å². The average molecular weight is 450 g/mol. The van der Waals surface area contributed by atoms with Gasteiger partial charge in [0, 0.05) is 43.4 Å². The molecule has 3 fully saturated rings. The van der Waals surface area contributed by atoms with Gasteiger partial charge < -0.3 is 20.1 Å². The fraction of sp³-hybridized carbons (Fsp3) is 0.542. The van der Waals surface area contributed by atoms with Crippen LogP contribution in [0.1, 0.15) is 30.1 Å². The van der Waals surface area contributed by atoms with Gasteiger partial charge in [-0.2, -0.15) is 5.10 Å². The van der Waals surface area contributed by atoms with Crippen molar-refractivity contribution in [2.24, 2.45) is 0 Å². The van der Waals surface area contributed by atoms with Gasteiger partial charge in [0.05, 0.1) is 54.5 Å². The highest BCUT2D eigenvalue weighted by atomic mass is 16.5. The first-order valence-corrected chi connectivity index (χ1v) is 11.9. The van der Waals surface area contributed by atoms with Gasteiger partial charge in [-0.25, -0.2) is 9.97 Å². The lowest BCUT2D eigenvalue weighted by Gasteiger charge is -2.40. The molecule has 1 aliphatic carbocycles. The summed E-state index contributed by atoms with van der Waals surface area (Å²) in [7, 11) is 0. The Morgan fingerprint density at radius 2 is 1.88 bits per heavy atom. The summed E-state index contributed by atoms with van der Waals surface area (Å²) in [4.78, 5) is 14.1. The number of anilines is 3. The normalized spacial score (nSPS) is 24.0. The van der Waals surface area contributed by atoms with E-state index in [1.165, 1.54) is 24.1 Å². The average Bonchev–Trinajstić information content (AvgIpc) is 3.47. The SMILES string of the molecule is Cc1cc2cnc(Nc3cnn(C4CC4)c3C)nc2cc1N1CCN([C@H]2COC[C@H]2O)CC1. The van der Waals surface area contributed by atoms with Crippen molar-refractivity contribution in [3.63, 3.8) is 0 Å². The van der Waals surface area contributed by atoms with Gasteiger partial charge in [-0.3, -0.25) is 9.58 Å². The number of ether oxygens (including phenoxy) is 1. The van der Waals surface area contributed by atoms with Gasteiger partial charge in [0.2, 0.25) is 5.95 Å². The van der Waals surface area contributed by atoms with Crippen LogP contribution >= 0.6 is 0 Å². The number of aliphatic hydroxyl groups excluding tert-OH is 1. The summed E-state index contributed by atoms with van der Waals surface area (Å²) in [5.41, 5.74) is 5.46. The molecule has 0 spiro atoms. The molecule has 2 aromatic heterocycles. The Morgan fingerprint density at radius 3 is 2.61 bits per heavy atom. The highest BCUT2D eigenvalue weighted by Gasteiger charge is 2.33. The Labute approximate surface area is 193 Å². The number of fused-ring (bicyclic) bond motifs is 1. The fourth-order valence-corrected chi connectivity index (χ4v) is 5.11. The summed E-state index contributed by atoms with van der Waals surface area (Å²) in [6, 6.07) is 5.03. The third-order valence-corrected chi connectivity index (χ3v) is 7.23. The molecule has 2 atom stereocenters. The van der Waals surface area contributed by atoms with Gasteiger partial charge in [0.15, 0.2) is 0 Å². The number of aliphatic hydroxyl groups is 1. The largest absolute Gasteiger partial charge is 0.389 e. The highest BCUT2D eigenvalue weighted by Crippen LogP contribution is 2.37. The van der Waals surface area contributed by atoms with Crippen LogP contribution in [0.2, 0.25) is 0 Å². The van der Waals surface area contributed by atoms with Crippen LogP contribution in [0.3, 0.4) is 0 Å². The second-order valence-corrected chi connectivity index (χ2v) is 9.53. The molecule has 9 heteroatoms. The maximum atomic E-state index is 10.2. The molecule has 33 heavy (non-hydrogen) atoms. The zero-order valence-electron chi connectivity index (χ0n) is 19.2. The quantitative estimate of drug-likeness (QED) is 0.614. The van der Waals surface area contributed by atoms with Gasteiger partial charge in [0.1, 0.15) is 0 Å². The molecule has 2 N–H and O–H groups in total.